The van der Waals surface area contributed by atoms with Crippen molar-refractivity contribution in [2.45, 2.75) is 25.8 Å². The molecule has 1 saturated heterocycles. The lowest BCUT2D eigenvalue weighted by Gasteiger charge is -2.33. The molecule has 11 nitrogen and oxygen atoms in total. The zero-order valence-corrected chi connectivity index (χ0v) is 19.0. The number of esters is 1. The average Bonchev–Trinajstić information content (AvgIpc) is 3.56. The Morgan fingerprint density at radius 1 is 1.06 bits per heavy atom. The van der Waals surface area contributed by atoms with Gasteiger partial charge in [0, 0.05) is 32.2 Å². The van der Waals surface area contributed by atoms with E-state index in [2.05, 4.69) is 15.7 Å². The average molecular weight is 469 g/mol. The minimum absolute atomic E-state index is 0.0680. The lowest BCUT2D eigenvalue weighted by molar-refractivity contribution is -0.147. The molecule has 1 saturated carbocycles. The van der Waals surface area contributed by atoms with Crippen LogP contribution in [0.25, 0.3) is 5.69 Å². The molecule has 1 aromatic heterocycles. The van der Waals surface area contributed by atoms with Crippen LogP contribution in [0.1, 0.15) is 30.1 Å². The summed E-state index contributed by atoms with van der Waals surface area (Å²) in [6, 6.07) is 9.28. The van der Waals surface area contributed by atoms with E-state index in [9.17, 15) is 19.2 Å². The fourth-order valence-electron chi connectivity index (χ4n) is 3.69. The van der Waals surface area contributed by atoms with E-state index >= 15 is 0 Å². The molecule has 0 bridgehead atoms. The first kappa shape index (κ1) is 23.4. The van der Waals surface area contributed by atoms with Crippen molar-refractivity contribution in [1.29, 1.82) is 0 Å². The minimum atomic E-state index is -0.573. The van der Waals surface area contributed by atoms with Crippen molar-refractivity contribution >= 4 is 29.5 Å². The second kappa shape index (κ2) is 10.5. The fourth-order valence-corrected chi connectivity index (χ4v) is 3.69. The van der Waals surface area contributed by atoms with Gasteiger partial charge in [-0.2, -0.15) is 5.10 Å². The van der Waals surface area contributed by atoms with Crippen LogP contribution in [0, 0.1) is 0 Å². The predicted octanol–water partition coefficient (Wildman–Crippen LogP) is 0.410. The molecule has 0 unspecified atom stereocenters. The van der Waals surface area contributed by atoms with Gasteiger partial charge in [0.2, 0.25) is 5.91 Å². The zero-order valence-electron chi connectivity index (χ0n) is 19.0. The quantitative estimate of drug-likeness (QED) is 0.445. The Bertz CT molecular complexity index is 1060. The van der Waals surface area contributed by atoms with Crippen LogP contribution < -0.4 is 10.6 Å². The van der Waals surface area contributed by atoms with Gasteiger partial charge >= 0.3 is 17.8 Å². The molecule has 1 aliphatic heterocycles. The topological polar surface area (TPSA) is 126 Å². The molecule has 2 aliphatic rings. The Morgan fingerprint density at radius 3 is 2.41 bits per heavy atom. The van der Waals surface area contributed by atoms with Gasteiger partial charge in [0.15, 0.2) is 5.82 Å². The number of carbonyl (C=O) groups excluding carboxylic acids is 4. The second-order valence-electron chi connectivity index (χ2n) is 8.24. The van der Waals surface area contributed by atoms with E-state index in [0.717, 1.165) is 12.8 Å². The molecular weight excluding hydrogens is 440 g/mol. The number of hydrogen-bond donors (Lipinski definition) is 2. The zero-order chi connectivity index (χ0) is 24.1. The number of ether oxygens (including phenoxy) is 1. The van der Waals surface area contributed by atoms with Crippen molar-refractivity contribution in [3.8, 4) is 5.69 Å². The lowest BCUT2D eigenvalue weighted by atomic mass is 10.2. The molecule has 34 heavy (non-hydrogen) atoms. The van der Waals surface area contributed by atoms with Crippen molar-refractivity contribution in [3.63, 3.8) is 0 Å². The molecule has 2 N–H and O–H groups in total. The van der Waals surface area contributed by atoms with E-state index in [1.165, 1.54) is 15.8 Å². The molecule has 1 aliphatic carbocycles. The Labute approximate surface area is 197 Å². The third-order valence-corrected chi connectivity index (χ3v) is 5.66. The lowest BCUT2D eigenvalue weighted by Crippen LogP contribution is -2.53. The van der Waals surface area contributed by atoms with E-state index < -0.39 is 17.8 Å². The number of anilines is 1. The van der Waals surface area contributed by atoms with Gasteiger partial charge in [-0.25, -0.2) is 9.48 Å². The van der Waals surface area contributed by atoms with Crippen molar-refractivity contribution in [2.24, 2.45) is 0 Å². The SMILES string of the molecule is CCOC(=O)c1cnn(-c2ccccc2)c1NC(=O)CN1CCN(C(=O)C(=O)NC2CC2)CC1. The Hall–Kier alpha value is -3.73. The van der Waals surface area contributed by atoms with Gasteiger partial charge in [-0.05, 0) is 31.9 Å². The smallest absolute Gasteiger partial charge is 0.343 e. The Balaban J connectivity index is 1.37. The first-order valence-corrected chi connectivity index (χ1v) is 11.4. The third-order valence-electron chi connectivity index (χ3n) is 5.66. The maximum absolute atomic E-state index is 12.9. The highest BCUT2D eigenvalue weighted by atomic mass is 16.5. The molecule has 1 aromatic carbocycles. The molecule has 4 rings (SSSR count). The minimum Gasteiger partial charge on any atom is -0.462 e. The molecule has 2 aromatic rings. The number of aromatic nitrogens is 2. The molecular formula is C23H28N6O5. The van der Waals surface area contributed by atoms with Gasteiger partial charge in [0.25, 0.3) is 0 Å². The summed E-state index contributed by atoms with van der Waals surface area (Å²) in [6.45, 7) is 3.61. The summed E-state index contributed by atoms with van der Waals surface area (Å²) in [5.41, 5.74) is 0.848. The van der Waals surface area contributed by atoms with E-state index in [1.54, 1.807) is 6.92 Å². The number of nitrogens with one attached hydrogen (secondary N) is 2. The van der Waals surface area contributed by atoms with Crippen LogP contribution >= 0.6 is 0 Å². The van der Waals surface area contributed by atoms with Crippen LogP contribution in [0.2, 0.25) is 0 Å². The summed E-state index contributed by atoms with van der Waals surface area (Å²) in [4.78, 5) is 52.9. The third kappa shape index (κ3) is 5.60. The van der Waals surface area contributed by atoms with Gasteiger partial charge in [0.05, 0.1) is 25.0 Å². The van der Waals surface area contributed by atoms with Crippen LogP contribution in [-0.4, -0.2) is 88.6 Å². The van der Waals surface area contributed by atoms with Gasteiger partial charge in [-0.15, -0.1) is 0 Å². The largest absolute Gasteiger partial charge is 0.462 e. The van der Waals surface area contributed by atoms with E-state index in [4.69, 9.17) is 4.74 Å². The summed E-state index contributed by atoms with van der Waals surface area (Å²) in [7, 11) is 0. The van der Waals surface area contributed by atoms with Crippen LogP contribution in [-0.2, 0) is 19.1 Å². The maximum Gasteiger partial charge on any atom is 0.343 e. The number of rotatable bonds is 7. The Kier molecular flexibility index (Phi) is 7.21. The van der Waals surface area contributed by atoms with Crippen molar-refractivity contribution < 1.29 is 23.9 Å². The fraction of sp³-hybridized carbons (Fsp3) is 0.435. The second-order valence-corrected chi connectivity index (χ2v) is 8.24. The normalized spacial score (nSPS) is 16.1. The molecule has 2 heterocycles. The molecule has 0 atom stereocenters. The summed E-state index contributed by atoms with van der Waals surface area (Å²) in [6.07, 6.45) is 3.21. The highest BCUT2D eigenvalue weighted by molar-refractivity contribution is 6.35. The highest BCUT2D eigenvalue weighted by Gasteiger charge is 2.31. The number of nitrogens with zero attached hydrogens (tertiary/aromatic N) is 4. The van der Waals surface area contributed by atoms with Crippen LogP contribution in [0.3, 0.4) is 0 Å². The van der Waals surface area contributed by atoms with Crippen LogP contribution in [0.5, 0.6) is 0 Å². The maximum atomic E-state index is 12.9. The van der Waals surface area contributed by atoms with Gasteiger partial charge in [-0.1, -0.05) is 18.2 Å². The number of hydrogen-bond acceptors (Lipinski definition) is 7. The van der Waals surface area contributed by atoms with E-state index in [0.29, 0.717) is 31.9 Å². The van der Waals surface area contributed by atoms with Gasteiger partial charge < -0.3 is 20.3 Å². The Morgan fingerprint density at radius 2 is 1.76 bits per heavy atom. The van der Waals surface area contributed by atoms with Gasteiger partial charge in [-0.3, -0.25) is 19.3 Å². The monoisotopic (exact) mass is 468 g/mol. The summed E-state index contributed by atoms with van der Waals surface area (Å²) < 4.78 is 6.59. The number of benzene rings is 1. The molecule has 2 fully saturated rings. The summed E-state index contributed by atoms with van der Waals surface area (Å²) in [5.74, 6) is -1.75. The van der Waals surface area contributed by atoms with E-state index in [1.807, 2.05) is 35.2 Å². The predicted molar refractivity (Wildman–Crippen MR) is 122 cm³/mol. The van der Waals surface area contributed by atoms with Crippen molar-refractivity contribution in [1.82, 2.24) is 24.9 Å². The standard InChI is InChI=1S/C23H28N6O5/c1-2-34-23(33)18-14-24-29(17-6-4-3-5-7-17)20(18)26-19(30)15-27-10-12-28(13-11-27)22(32)21(31)25-16-8-9-16/h3-7,14,16H,2,8-13,15H2,1H3,(H,25,31)(H,26,30). The molecule has 0 radical (unpaired) electrons. The molecule has 0 spiro atoms. The van der Waals surface area contributed by atoms with Crippen molar-refractivity contribution in [3.05, 3.63) is 42.1 Å². The van der Waals surface area contributed by atoms with Crippen LogP contribution in [0.4, 0.5) is 5.82 Å². The number of carbonyl (C=O) groups is 4. The first-order chi connectivity index (χ1) is 16.5. The van der Waals surface area contributed by atoms with E-state index in [-0.39, 0.29) is 36.5 Å². The number of piperazine rings is 1. The summed E-state index contributed by atoms with van der Waals surface area (Å²) >= 11 is 0. The highest BCUT2D eigenvalue weighted by Crippen LogP contribution is 2.21. The summed E-state index contributed by atoms with van der Waals surface area (Å²) in [5, 5.41) is 9.77. The van der Waals surface area contributed by atoms with Gasteiger partial charge in [0.1, 0.15) is 5.56 Å². The van der Waals surface area contributed by atoms with Crippen LogP contribution in [0.15, 0.2) is 36.5 Å². The number of amides is 3. The van der Waals surface area contributed by atoms with Crippen molar-refractivity contribution in [2.75, 3.05) is 44.6 Å². The molecule has 180 valence electrons. The first-order valence-electron chi connectivity index (χ1n) is 11.4. The molecule has 11 heteroatoms. The number of para-hydroxylation sites is 1. The molecule has 3 amide bonds.